The van der Waals surface area contributed by atoms with Crippen molar-refractivity contribution in [1.82, 2.24) is 0 Å². The average molecular weight is 639 g/mol. The van der Waals surface area contributed by atoms with Crippen molar-refractivity contribution in [1.29, 1.82) is 5.41 Å². The Kier molecular flexibility index (Phi) is 10.6. The first kappa shape index (κ1) is 32.3. The lowest BCUT2D eigenvalue weighted by molar-refractivity contribution is 1.07. The van der Waals surface area contributed by atoms with E-state index in [0.29, 0.717) is 6.54 Å². The van der Waals surface area contributed by atoms with Crippen LogP contribution in [0.1, 0.15) is 16.7 Å². The number of nitrogens with one attached hydrogen (secondary N) is 1. The third-order valence-corrected chi connectivity index (χ3v) is 9.36. The number of nitrogens with two attached hydrogens (primary N) is 1. The van der Waals surface area contributed by atoms with E-state index in [9.17, 15) is 0 Å². The summed E-state index contributed by atoms with van der Waals surface area (Å²) in [4.78, 5) is 0. The molecule has 0 aliphatic rings. The summed E-state index contributed by atoms with van der Waals surface area (Å²) < 4.78 is 2.48. The molecule has 1 heterocycles. The van der Waals surface area contributed by atoms with Gasteiger partial charge < -0.3 is 11.1 Å². The Balaban J connectivity index is 0.000000220. The molecule has 234 valence electrons. The van der Waals surface area contributed by atoms with E-state index in [1.165, 1.54) is 70.9 Å². The lowest BCUT2D eigenvalue weighted by Crippen LogP contribution is -1.94. The largest absolute Gasteiger partial charge is 0.326 e. The lowest BCUT2D eigenvalue weighted by Gasteiger charge is -2.14. The van der Waals surface area contributed by atoms with Gasteiger partial charge >= 0.3 is 0 Å². The SMILES string of the molecule is Cc1ccccc1.N=Cc1cccc2sc3ccc(-c4cc(-c5ccccc5)ccc4-c4ccccc4)cc3c12.NCc1ccccc1. The minimum absolute atomic E-state index is 0.640. The van der Waals surface area contributed by atoms with Gasteiger partial charge in [0.1, 0.15) is 0 Å². The van der Waals surface area contributed by atoms with Crippen LogP contribution in [0.2, 0.25) is 0 Å². The topological polar surface area (TPSA) is 49.9 Å². The molecular formula is C45H38N2S. The molecule has 0 fully saturated rings. The van der Waals surface area contributed by atoms with Crippen LogP contribution in [-0.4, -0.2) is 6.21 Å². The van der Waals surface area contributed by atoms with Crippen LogP contribution in [0.15, 0.2) is 176 Å². The molecule has 0 spiro atoms. The second-order valence-corrected chi connectivity index (χ2v) is 12.6. The highest BCUT2D eigenvalue weighted by atomic mass is 32.1. The van der Waals surface area contributed by atoms with Crippen LogP contribution in [0.4, 0.5) is 0 Å². The van der Waals surface area contributed by atoms with E-state index < -0.39 is 0 Å². The molecule has 0 saturated heterocycles. The molecule has 7 aromatic carbocycles. The van der Waals surface area contributed by atoms with Gasteiger partial charge in [-0.1, -0.05) is 157 Å². The van der Waals surface area contributed by atoms with Crippen LogP contribution in [0.5, 0.6) is 0 Å². The summed E-state index contributed by atoms with van der Waals surface area (Å²) in [6, 6.07) is 61.1. The second-order valence-electron chi connectivity index (χ2n) is 11.5. The summed E-state index contributed by atoms with van der Waals surface area (Å²) in [6.45, 7) is 2.72. The minimum Gasteiger partial charge on any atom is -0.326 e. The van der Waals surface area contributed by atoms with Gasteiger partial charge in [-0.25, -0.2) is 0 Å². The van der Waals surface area contributed by atoms with Crippen molar-refractivity contribution in [3.8, 4) is 33.4 Å². The van der Waals surface area contributed by atoms with Crippen LogP contribution in [-0.2, 0) is 6.54 Å². The maximum absolute atomic E-state index is 7.91. The fraction of sp³-hybridized carbons (Fsp3) is 0.0444. The molecule has 0 saturated carbocycles. The van der Waals surface area contributed by atoms with Crippen LogP contribution in [0.3, 0.4) is 0 Å². The smallest absolute Gasteiger partial charge is 0.0361 e. The van der Waals surface area contributed by atoms with Gasteiger partial charge in [-0.3, -0.25) is 0 Å². The van der Waals surface area contributed by atoms with Gasteiger partial charge in [-0.15, -0.1) is 11.3 Å². The Hall–Kier alpha value is -5.61. The standard InChI is InChI=1S/C31H21NS.C7H9N.C7H8/c32-20-25-12-7-13-30-31(25)28-19-24(15-17-29(28)33-30)27-18-23(21-8-3-1-4-9-21)14-16-26(27)22-10-5-2-6-11-22;8-6-7-4-2-1-3-5-7;1-7-5-3-2-4-6-7/h1-20,32H;1-5H,6,8H2;2-6H,1H3. The molecule has 0 aliphatic carbocycles. The first-order chi connectivity index (χ1) is 23.6. The van der Waals surface area contributed by atoms with Crippen molar-refractivity contribution >= 4 is 37.7 Å². The quantitative estimate of drug-likeness (QED) is 0.181. The van der Waals surface area contributed by atoms with Gasteiger partial charge in [0, 0.05) is 38.5 Å². The zero-order valence-corrected chi connectivity index (χ0v) is 27.8. The fourth-order valence-corrected chi connectivity index (χ4v) is 6.87. The van der Waals surface area contributed by atoms with Crippen LogP contribution < -0.4 is 5.73 Å². The lowest BCUT2D eigenvalue weighted by atomic mass is 9.90. The highest BCUT2D eigenvalue weighted by Gasteiger charge is 2.13. The predicted molar refractivity (Wildman–Crippen MR) is 209 cm³/mol. The van der Waals surface area contributed by atoms with Gasteiger partial charge in [0.05, 0.1) is 0 Å². The maximum Gasteiger partial charge on any atom is 0.0361 e. The number of benzene rings is 7. The molecule has 0 unspecified atom stereocenters. The fourth-order valence-electron chi connectivity index (χ4n) is 5.75. The molecule has 0 radical (unpaired) electrons. The summed E-state index contributed by atoms with van der Waals surface area (Å²) in [7, 11) is 0. The highest BCUT2D eigenvalue weighted by molar-refractivity contribution is 7.25. The van der Waals surface area contributed by atoms with Crippen molar-refractivity contribution < 1.29 is 0 Å². The first-order valence-electron chi connectivity index (χ1n) is 16.1. The Labute approximate surface area is 287 Å². The van der Waals surface area contributed by atoms with E-state index in [1.54, 1.807) is 11.3 Å². The van der Waals surface area contributed by atoms with Crippen molar-refractivity contribution in [2.75, 3.05) is 0 Å². The van der Waals surface area contributed by atoms with Gasteiger partial charge in [0.15, 0.2) is 0 Å². The van der Waals surface area contributed by atoms with E-state index in [-0.39, 0.29) is 0 Å². The zero-order valence-electron chi connectivity index (χ0n) is 27.0. The summed E-state index contributed by atoms with van der Waals surface area (Å²) >= 11 is 1.79. The normalized spacial score (nSPS) is 10.5. The highest BCUT2D eigenvalue weighted by Crippen LogP contribution is 2.41. The van der Waals surface area contributed by atoms with E-state index in [1.807, 2.05) is 60.7 Å². The Morgan fingerprint density at radius 1 is 0.521 bits per heavy atom. The van der Waals surface area contributed by atoms with E-state index in [4.69, 9.17) is 11.1 Å². The number of thiophene rings is 1. The molecule has 3 heteroatoms. The molecule has 3 N–H and O–H groups in total. The number of aryl methyl sites for hydroxylation is 1. The van der Waals surface area contributed by atoms with Gasteiger partial charge in [0.2, 0.25) is 0 Å². The van der Waals surface area contributed by atoms with Crippen molar-refractivity contribution in [3.63, 3.8) is 0 Å². The summed E-state index contributed by atoms with van der Waals surface area (Å²) in [5, 5.41) is 10.3. The van der Waals surface area contributed by atoms with E-state index in [0.717, 1.165) is 5.56 Å². The summed E-state index contributed by atoms with van der Waals surface area (Å²) in [6.07, 6.45) is 1.46. The second kappa shape index (κ2) is 15.8. The molecule has 0 aliphatic heterocycles. The average Bonchev–Trinajstić information content (AvgIpc) is 3.55. The van der Waals surface area contributed by atoms with Gasteiger partial charge in [-0.05, 0) is 70.1 Å². The van der Waals surface area contributed by atoms with Gasteiger partial charge in [-0.2, -0.15) is 0 Å². The van der Waals surface area contributed by atoms with Crippen LogP contribution >= 0.6 is 11.3 Å². The molecule has 8 aromatic rings. The van der Waals surface area contributed by atoms with Crippen molar-refractivity contribution in [2.24, 2.45) is 5.73 Å². The van der Waals surface area contributed by atoms with E-state index in [2.05, 4.69) is 122 Å². The Morgan fingerprint density at radius 2 is 1.12 bits per heavy atom. The molecule has 1 aromatic heterocycles. The summed E-state index contributed by atoms with van der Waals surface area (Å²) in [5.41, 5.74) is 16.1. The Bertz CT molecular complexity index is 2220. The van der Waals surface area contributed by atoms with Gasteiger partial charge in [0.25, 0.3) is 0 Å². The maximum atomic E-state index is 7.91. The van der Waals surface area contributed by atoms with Crippen LogP contribution in [0.25, 0.3) is 53.6 Å². The third-order valence-electron chi connectivity index (χ3n) is 8.22. The molecular weight excluding hydrogens is 601 g/mol. The number of fused-ring (bicyclic) bond motifs is 3. The number of rotatable bonds is 5. The molecule has 8 rings (SSSR count). The van der Waals surface area contributed by atoms with E-state index >= 15 is 0 Å². The van der Waals surface area contributed by atoms with Crippen LogP contribution in [0, 0.1) is 12.3 Å². The first-order valence-corrected chi connectivity index (χ1v) is 16.9. The number of hydrogen-bond acceptors (Lipinski definition) is 3. The van der Waals surface area contributed by atoms with Crippen molar-refractivity contribution in [2.45, 2.75) is 13.5 Å². The third kappa shape index (κ3) is 7.67. The minimum atomic E-state index is 0.640. The zero-order chi connectivity index (χ0) is 33.1. The monoisotopic (exact) mass is 638 g/mol. The predicted octanol–water partition coefficient (Wildman–Crippen LogP) is 12.2. The van der Waals surface area contributed by atoms with Crippen molar-refractivity contribution in [3.05, 3.63) is 193 Å². The molecule has 48 heavy (non-hydrogen) atoms. The Morgan fingerprint density at radius 3 is 1.71 bits per heavy atom. The molecule has 0 atom stereocenters. The molecule has 2 nitrogen and oxygen atoms in total. The summed E-state index contributed by atoms with van der Waals surface area (Å²) in [5.74, 6) is 0. The number of hydrogen-bond donors (Lipinski definition) is 2. The molecule has 0 amide bonds. The molecule has 0 bridgehead atoms.